The number of hydrogen-bond acceptors (Lipinski definition) is 3. The van der Waals surface area contributed by atoms with Crippen LogP contribution >= 0.6 is 11.6 Å². The standard InChI is InChI=1S/C19H19ClF2N2O2/c1-2-11-5-8-16(14(20)9-11)23-18-13(6-7-15(21)17(18)22)19(25)24-26-10-12-3-4-12/h5-9,12,23H,2-4,10H2,1H3,(H,24,25). The first-order valence-corrected chi connectivity index (χ1v) is 8.83. The fraction of sp³-hybridized carbons (Fsp3) is 0.316. The Kier molecular flexibility index (Phi) is 5.74. The smallest absolute Gasteiger partial charge is 0.277 e. The maximum absolute atomic E-state index is 14.3. The Labute approximate surface area is 155 Å². The molecule has 0 unspecified atom stereocenters. The molecule has 26 heavy (non-hydrogen) atoms. The lowest BCUT2D eigenvalue weighted by molar-refractivity contribution is 0.0270. The molecule has 0 atom stereocenters. The summed E-state index contributed by atoms with van der Waals surface area (Å²) in [5.41, 5.74) is 3.30. The first kappa shape index (κ1) is 18.6. The molecule has 138 valence electrons. The van der Waals surface area contributed by atoms with Crippen molar-refractivity contribution in [2.75, 3.05) is 11.9 Å². The van der Waals surface area contributed by atoms with Crippen molar-refractivity contribution < 1.29 is 18.4 Å². The van der Waals surface area contributed by atoms with Gasteiger partial charge in [-0.3, -0.25) is 9.63 Å². The molecule has 1 aliphatic carbocycles. The van der Waals surface area contributed by atoms with E-state index in [1.807, 2.05) is 13.0 Å². The molecule has 1 amide bonds. The van der Waals surface area contributed by atoms with Crippen LogP contribution in [0.1, 0.15) is 35.7 Å². The average molecular weight is 381 g/mol. The molecule has 0 aromatic heterocycles. The van der Waals surface area contributed by atoms with Crippen molar-refractivity contribution >= 4 is 28.9 Å². The molecular formula is C19H19ClF2N2O2. The number of amides is 1. The molecule has 0 bridgehead atoms. The summed E-state index contributed by atoms with van der Waals surface area (Å²) in [5.74, 6) is -2.43. The Morgan fingerprint density at radius 1 is 1.27 bits per heavy atom. The molecule has 4 nitrogen and oxygen atoms in total. The lowest BCUT2D eigenvalue weighted by Crippen LogP contribution is -2.26. The van der Waals surface area contributed by atoms with Gasteiger partial charge in [-0.15, -0.1) is 0 Å². The number of hydroxylamine groups is 1. The van der Waals surface area contributed by atoms with E-state index in [0.717, 1.165) is 30.9 Å². The van der Waals surface area contributed by atoms with Gasteiger partial charge in [0, 0.05) is 0 Å². The lowest BCUT2D eigenvalue weighted by atomic mass is 10.1. The number of carbonyl (C=O) groups excluding carboxylic acids is 1. The molecule has 2 aromatic carbocycles. The molecule has 0 spiro atoms. The fourth-order valence-electron chi connectivity index (χ4n) is 2.44. The zero-order valence-electron chi connectivity index (χ0n) is 14.2. The second-order valence-electron chi connectivity index (χ2n) is 6.26. The minimum absolute atomic E-state index is 0.0738. The third kappa shape index (κ3) is 4.31. The topological polar surface area (TPSA) is 50.4 Å². The molecule has 0 aliphatic heterocycles. The van der Waals surface area contributed by atoms with E-state index in [1.165, 1.54) is 6.07 Å². The van der Waals surface area contributed by atoms with E-state index in [9.17, 15) is 13.6 Å². The van der Waals surface area contributed by atoms with Crippen molar-refractivity contribution in [3.8, 4) is 0 Å². The van der Waals surface area contributed by atoms with Gasteiger partial charge in [0.1, 0.15) is 0 Å². The van der Waals surface area contributed by atoms with Crippen LogP contribution in [0.4, 0.5) is 20.2 Å². The number of halogens is 3. The summed E-state index contributed by atoms with van der Waals surface area (Å²) in [6.07, 6.45) is 2.93. The minimum atomic E-state index is -1.16. The fourth-order valence-corrected chi connectivity index (χ4v) is 2.69. The lowest BCUT2D eigenvalue weighted by Gasteiger charge is -2.15. The number of aryl methyl sites for hydroxylation is 1. The van der Waals surface area contributed by atoms with Crippen LogP contribution in [0.3, 0.4) is 0 Å². The number of rotatable bonds is 7. The first-order valence-electron chi connectivity index (χ1n) is 8.45. The molecule has 7 heteroatoms. The van der Waals surface area contributed by atoms with Gasteiger partial charge < -0.3 is 5.32 Å². The molecule has 2 aromatic rings. The van der Waals surface area contributed by atoms with Gasteiger partial charge in [0.2, 0.25) is 0 Å². The SMILES string of the molecule is CCc1ccc(Nc2c(C(=O)NOCC3CC3)ccc(F)c2F)c(Cl)c1. The van der Waals surface area contributed by atoms with E-state index in [1.54, 1.807) is 12.1 Å². The maximum atomic E-state index is 14.3. The van der Waals surface area contributed by atoms with Gasteiger partial charge >= 0.3 is 0 Å². The van der Waals surface area contributed by atoms with E-state index in [0.29, 0.717) is 23.2 Å². The van der Waals surface area contributed by atoms with Crippen molar-refractivity contribution in [1.82, 2.24) is 5.48 Å². The van der Waals surface area contributed by atoms with Crippen LogP contribution in [-0.4, -0.2) is 12.5 Å². The molecule has 1 aliphatic rings. The number of carbonyl (C=O) groups is 1. The highest BCUT2D eigenvalue weighted by Gasteiger charge is 2.23. The zero-order chi connectivity index (χ0) is 18.7. The maximum Gasteiger partial charge on any atom is 0.277 e. The Hall–Kier alpha value is -2.18. The van der Waals surface area contributed by atoms with Gasteiger partial charge in [-0.05, 0) is 55.0 Å². The summed E-state index contributed by atoms with van der Waals surface area (Å²) in [5, 5.41) is 3.08. The number of hydrogen-bond donors (Lipinski definition) is 2. The third-order valence-corrected chi connectivity index (χ3v) is 4.53. The van der Waals surface area contributed by atoms with E-state index in [2.05, 4.69) is 10.8 Å². The molecule has 0 saturated heterocycles. The van der Waals surface area contributed by atoms with Crippen molar-refractivity contribution in [2.45, 2.75) is 26.2 Å². The summed E-state index contributed by atoms with van der Waals surface area (Å²) in [6, 6.07) is 7.32. The molecule has 0 heterocycles. The van der Waals surface area contributed by atoms with Crippen LogP contribution in [-0.2, 0) is 11.3 Å². The van der Waals surface area contributed by atoms with E-state index >= 15 is 0 Å². The summed E-state index contributed by atoms with van der Waals surface area (Å²) in [7, 11) is 0. The molecule has 3 rings (SSSR count). The predicted molar refractivity (Wildman–Crippen MR) is 96.6 cm³/mol. The molecule has 2 N–H and O–H groups in total. The van der Waals surface area contributed by atoms with Crippen molar-refractivity contribution in [3.05, 3.63) is 58.1 Å². The van der Waals surface area contributed by atoms with Gasteiger partial charge in [0.25, 0.3) is 5.91 Å². The van der Waals surface area contributed by atoms with Crippen LogP contribution in [0, 0.1) is 17.6 Å². The third-order valence-electron chi connectivity index (χ3n) is 4.22. The van der Waals surface area contributed by atoms with Crippen molar-refractivity contribution in [2.24, 2.45) is 5.92 Å². The highest BCUT2D eigenvalue weighted by Crippen LogP contribution is 2.31. The normalized spacial score (nSPS) is 13.5. The summed E-state index contributed by atoms with van der Waals surface area (Å²) in [4.78, 5) is 17.4. The molecule has 1 fully saturated rings. The highest BCUT2D eigenvalue weighted by molar-refractivity contribution is 6.33. The number of anilines is 2. The van der Waals surface area contributed by atoms with Crippen LogP contribution in [0.5, 0.6) is 0 Å². The molecule has 0 radical (unpaired) electrons. The van der Waals surface area contributed by atoms with Gasteiger partial charge in [-0.1, -0.05) is 24.6 Å². The molecular weight excluding hydrogens is 362 g/mol. The number of nitrogens with one attached hydrogen (secondary N) is 2. The average Bonchev–Trinajstić information content (AvgIpc) is 3.44. The zero-order valence-corrected chi connectivity index (χ0v) is 15.0. The highest BCUT2D eigenvalue weighted by atomic mass is 35.5. The van der Waals surface area contributed by atoms with E-state index in [4.69, 9.17) is 16.4 Å². The minimum Gasteiger partial charge on any atom is -0.351 e. The summed E-state index contributed by atoms with van der Waals surface area (Å²) >= 11 is 6.20. The van der Waals surface area contributed by atoms with Gasteiger partial charge in [0.15, 0.2) is 11.6 Å². The van der Waals surface area contributed by atoms with Crippen LogP contribution in [0.2, 0.25) is 5.02 Å². The van der Waals surface area contributed by atoms with Crippen molar-refractivity contribution in [1.29, 1.82) is 0 Å². The number of benzene rings is 2. The largest absolute Gasteiger partial charge is 0.351 e. The Balaban J connectivity index is 1.84. The Morgan fingerprint density at radius 2 is 2.04 bits per heavy atom. The van der Waals surface area contributed by atoms with Crippen LogP contribution in [0.15, 0.2) is 30.3 Å². The summed E-state index contributed by atoms with van der Waals surface area (Å²) < 4.78 is 28.0. The quantitative estimate of drug-likeness (QED) is 0.665. The second kappa shape index (κ2) is 8.01. The van der Waals surface area contributed by atoms with Gasteiger partial charge in [-0.25, -0.2) is 14.3 Å². The second-order valence-corrected chi connectivity index (χ2v) is 6.67. The van der Waals surface area contributed by atoms with Gasteiger partial charge in [0.05, 0.1) is 28.6 Å². The monoisotopic (exact) mass is 380 g/mol. The Morgan fingerprint density at radius 3 is 2.69 bits per heavy atom. The van der Waals surface area contributed by atoms with Crippen LogP contribution < -0.4 is 10.8 Å². The predicted octanol–water partition coefficient (Wildman–Crippen LogP) is 5.00. The van der Waals surface area contributed by atoms with Gasteiger partial charge in [-0.2, -0.15) is 0 Å². The Bertz CT molecular complexity index is 825. The molecule has 1 saturated carbocycles. The summed E-state index contributed by atoms with van der Waals surface area (Å²) in [6.45, 7) is 2.39. The van der Waals surface area contributed by atoms with E-state index < -0.39 is 17.5 Å². The van der Waals surface area contributed by atoms with E-state index in [-0.39, 0.29) is 11.3 Å². The van der Waals surface area contributed by atoms with Crippen molar-refractivity contribution in [3.63, 3.8) is 0 Å². The first-order chi connectivity index (χ1) is 12.5. The van der Waals surface area contributed by atoms with Crippen LogP contribution in [0.25, 0.3) is 0 Å².